The maximum Gasteiger partial charge on any atom is 0.314 e. The molecule has 0 aromatic heterocycles. The lowest BCUT2D eigenvalue weighted by atomic mass is 10.2. The fourth-order valence-electron chi connectivity index (χ4n) is 1.13. The Kier molecular flexibility index (Phi) is 8.39. The van der Waals surface area contributed by atoms with E-state index >= 15 is 0 Å². The zero-order valence-corrected chi connectivity index (χ0v) is 9.73. The summed E-state index contributed by atoms with van der Waals surface area (Å²) in [5.74, 6) is 0. The summed E-state index contributed by atoms with van der Waals surface area (Å²) in [4.78, 5) is 11.2. The molecule has 0 spiro atoms. The molecule has 84 valence electrons. The number of carbonyl (C=O) groups excluding carboxylic acids is 1. The topological polar surface area (TPSA) is 41.1 Å². The predicted octanol–water partition coefficient (Wildman–Crippen LogP) is 2.66. The molecule has 2 amide bonds. The molecular formula is C11H24N2O. The molecule has 1 unspecified atom stereocenters. The van der Waals surface area contributed by atoms with Gasteiger partial charge in [0.2, 0.25) is 0 Å². The van der Waals surface area contributed by atoms with Crippen molar-refractivity contribution in [2.45, 2.75) is 58.9 Å². The summed E-state index contributed by atoms with van der Waals surface area (Å²) in [6, 6.07) is 0.237. The monoisotopic (exact) mass is 200 g/mol. The average Bonchev–Trinajstić information content (AvgIpc) is 2.17. The molecule has 0 aromatic rings. The minimum absolute atomic E-state index is 0.0316. The van der Waals surface area contributed by atoms with Gasteiger partial charge in [0.1, 0.15) is 0 Å². The highest BCUT2D eigenvalue weighted by atomic mass is 16.2. The molecule has 1 atom stereocenters. The van der Waals surface area contributed by atoms with Gasteiger partial charge in [-0.3, -0.25) is 0 Å². The number of unbranched alkanes of at least 4 members (excludes halogenated alkanes) is 3. The van der Waals surface area contributed by atoms with Crippen LogP contribution in [-0.2, 0) is 0 Å². The molecule has 0 aliphatic carbocycles. The van der Waals surface area contributed by atoms with Crippen LogP contribution in [0.3, 0.4) is 0 Å². The first-order valence-electron chi connectivity index (χ1n) is 5.75. The van der Waals surface area contributed by atoms with Crippen LogP contribution in [0.25, 0.3) is 0 Å². The Morgan fingerprint density at radius 2 is 1.93 bits per heavy atom. The van der Waals surface area contributed by atoms with E-state index in [0.29, 0.717) is 0 Å². The number of rotatable bonds is 7. The Morgan fingerprint density at radius 3 is 2.50 bits per heavy atom. The van der Waals surface area contributed by atoms with Crippen molar-refractivity contribution in [3.63, 3.8) is 0 Å². The highest BCUT2D eigenvalue weighted by molar-refractivity contribution is 5.74. The molecule has 0 saturated heterocycles. The van der Waals surface area contributed by atoms with E-state index < -0.39 is 0 Å². The third-order valence-corrected chi connectivity index (χ3v) is 2.31. The highest BCUT2D eigenvalue weighted by Gasteiger charge is 2.02. The zero-order chi connectivity index (χ0) is 10.8. The van der Waals surface area contributed by atoms with E-state index in [1.807, 2.05) is 6.92 Å². The van der Waals surface area contributed by atoms with E-state index in [9.17, 15) is 4.79 Å². The van der Waals surface area contributed by atoms with Crippen molar-refractivity contribution in [1.82, 2.24) is 10.6 Å². The van der Waals surface area contributed by atoms with Crippen LogP contribution in [0.5, 0.6) is 0 Å². The average molecular weight is 200 g/mol. The molecule has 0 aromatic carbocycles. The van der Waals surface area contributed by atoms with Gasteiger partial charge in [0.25, 0.3) is 0 Å². The van der Waals surface area contributed by atoms with Gasteiger partial charge in [-0.2, -0.15) is 0 Å². The fourth-order valence-corrected chi connectivity index (χ4v) is 1.13. The van der Waals surface area contributed by atoms with Gasteiger partial charge in [-0.25, -0.2) is 4.79 Å². The molecule has 0 rings (SSSR count). The van der Waals surface area contributed by atoms with Gasteiger partial charge >= 0.3 is 6.03 Å². The fraction of sp³-hybridized carbons (Fsp3) is 0.909. The zero-order valence-electron chi connectivity index (χ0n) is 9.73. The van der Waals surface area contributed by atoms with Gasteiger partial charge in [-0.1, -0.05) is 33.1 Å². The molecule has 0 saturated carbocycles. The van der Waals surface area contributed by atoms with Gasteiger partial charge in [0.05, 0.1) is 0 Å². The second-order valence-electron chi connectivity index (χ2n) is 3.77. The smallest absolute Gasteiger partial charge is 0.314 e. The summed E-state index contributed by atoms with van der Waals surface area (Å²) < 4.78 is 0. The maximum atomic E-state index is 11.2. The van der Waals surface area contributed by atoms with E-state index in [1.54, 1.807) is 0 Å². The van der Waals surface area contributed by atoms with Crippen molar-refractivity contribution in [2.75, 3.05) is 6.54 Å². The Hall–Kier alpha value is -0.730. The molecule has 0 heterocycles. The van der Waals surface area contributed by atoms with Crippen molar-refractivity contribution >= 4 is 6.03 Å². The normalized spacial score (nSPS) is 12.2. The molecule has 0 radical (unpaired) electrons. The Bertz CT molecular complexity index is 148. The summed E-state index contributed by atoms with van der Waals surface area (Å²) in [7, 11) is 0. The lowest BCUT2D eigenvalue weighted by molar-refractivity contribution is 0.237. The minimum atomic E-state index is -0.0316. The van der Waals surface area contributed by atoms with Crippen molar-refractivity contribution in [3.8, 4) is 0 Å². The molecule has 0 bridgehead atoms. The largest absolute Gasteiger partial charge is 0.338 e. The van der Waals surface area contributed by atoms with Crippen LogP contribution < -0.4 is 10.6 Å². The van der Waals surface area contributed by atoms with Crippen LogP contribution in [0.1, 0.15) is 52.9 Å². The lowest BCUT2D eigenvalue weighted by Crippen LogP contribution is -2.40. The number of carbonyl (C=O) groups is 1. The quantitative estimate of drug-likeness (QED) is 0.609. The molecule has 2 N–H and O–H groups in total. The summed E-state index contributed by atoms with van der Waals surface area (Å²) in [6.07, 6.45) is 5.76. The number of hydrogen-bond donors (Lipinski definition) is 2. The first-order chi connectivity index (χ1) is 6.70. The van der Waals surface area contributed by atoms with E-state index in [0.717, 1.165) is 19.4 Å². The number of hydrogen-bond acceptors (Lipinski definition) is 1. The van der Waals surface area contributed by atoms with Gasteiger partial charge in [-0.15, -0.1) is 0 Å². The van der Waals surface area contributed by atoms with Crippen LogP contribution in [-0.4, -0.2) is 18.6 Å². The van der Waals surface area contributed by atoms with Crippen LogP contribution in [0.15, 0.2) is 0 Å². The van der Waals surface area contributed by atoms with Gasteiger partial charge in [0.15, 0.2) is 0 Å². The minimum Gasteiger partial charge on any atom is -0.338 e. The van der Waals surface area contributed by atoms with Crippen LogP contribution >= 0.6 is 0 Å². The predicted molar refractivity (Wildman–Crippen MR) is 60.4 cm³/mol. The Morgan fingerprint density at radius 1 is 1.21 bits per heavy atom. The van der Waals surface area contributed by atoms with Crippen molar-refractivity contribution in [2.24, 2.45) is 0 Å². The molecule has 3 nitrogen and oxygen atoms in total. The van der Waals surface area contributed by atoms with E-state index in [1.165, 1.54) is 19.3 Å². The molecule has 14 heavy (non-hydrogen) atoms. The van der Waals surface area contributed by atoms with Crippen LogP contribution in [0, 0.1) is 0 Å². The van der Waals surface area contributed by atoms with Crippen LogP contribution in [0.2, 0.25) is 0 Å². The van der Waals surface area contributed by atoms with Gasteiger partial charge in [-0.05, 0) is 19.8 Å². The van der Waals surface area contributed by atoms with E-state index in [-0.39, 0.29) is 12.1 Å². The third-order valence-electron chi connectivity index (χ3n) is 2.31. The van der Waals surface area contributed by atoms with Crippen LogP contribution in [0.4, 0.5) is 4.79 Å². The summed E-state index contributed by atoms with van der Waals surface area (Å²) >= 11 is 0. The third kappa shape index (κ3) is 7.90. The molecule has 0 aliphatic rings. The van der Waals surface area contributed by atoms with Crippen molar-refractivity contribution in [3.05, 3.63) is 0 Å². The molecular weight excluding hydrogens is 176 g/mol. The maximum absolute atomic E-state index is 11.2. The number of urea groups is 1. The van der Waals surface area contributed by atoms with Crippen molar-refractivity contribution < 1.29 is 4.79 Å². The second kappa shape index (κ2) is 8.85. The number of amides is 2. The number of nitrogens with one attached hydrogen (secondary N) is 2. The molecule has 3 heteroatoms. The van der Waals surface area contributed by atoms with Crippen molar-refractivity contribution in [1.29, 1.82) is 0 Å². The summed E-state index contributed by atoms with van der Waals surface area (Å²) in [5.41, 5.74) is 0. The second-order valence-corrected chi connectivity index (χ2v) is 3.77. The summed E-state index contributed by atoms with van der Waals surface area (Å²) in [6.45, 7) is 7.05. The van der Waals surface area contributed by atoms with Gasteiger partial charge in [0, 0.05) is 12.6 Å². The first kappa shape index (κ1) is 13.3. The standard InChI is InChI=1S/C11H24N2O/c1-4-6-7-8-9-12-11(14)13-10(3)5-2/h10H,4-9H2,1-3H3,(H2,12,13,14). The van der Waals surface area contributed by atoms with E-state index in [2.05, 4.69) is 24.5 Å². The summed E-state index contributed by atoms with van der Waals surface area (Å²) in [5, 5.41) is 5.73. The molecule has 0 aliphatic heterocycles. The first-order valence-corrected chi connectivity index (χ1v) is 5.75. The molecule has 0 fully saturated rings. The Balaban J connectivity index is 3.27. The van der Waals surface area contributed by atoms with Gasteiger partial charge < -0.3 is 10.6 Å². The Labute approximate surface area is 87.6 Å². The SMILES string of the molecule is CCCCCCNC(=O)NC(C)CC. The highest BCUT2D eigenvalue weighted by Crippen LogP contribution is 1.96. The lowest BCUT2D eigenvalue weighted by Gasteiger charge is -2.12. The van der Waals surface area contributed by atoms with E-state index in [4.69, 9.17) is 0 Å².